The Morgan fingerprint density at radius 3 is 2.79 bits per heavy atom. The van der Waals surface area contributed by atoms with Gasteiger partial charge in [-0.3, -0.25) is 10.1 Å². The molecule has 0 aliphatic heterocycles. The van der Waals surface area contributed by atoms with Crippen LogP contribution in [-0.2, 0) is 4.74 Å². The molecule has 0 amide bonds. The molecule has 6 heteroatoms. The zero-order valence-electron chi connectivity index (χ0n) is 11.4. The van der Waals surface area contributed by atoms with Crippen molar-refractivity contribution < 1.29 is 9.66 Å². The Kier molecular flexibility index (Phi) is 6.08. The molecule has 6 nitrogen and oxygen atoms in total. The zero-order chi connectivity index (χ0) is 14.3. The number of unbranched alkanes of at least 4 members (excludes halogenated alkanes) is 1. The molecule has 1 rings (SSSR count). The minimum atomic E-state index is -0.459. The molecule has 0 saturated carbocycles. The lowest BCUT2D eigenvalue weighted by Gasteiger charge is -2.09. The summed E-state index contributed by atoms with van der Waals surface area (Å²) >= 11 is 0. The fourth-order valence-electron chi connectivity index (χ4n) is 1.68. The van der Waals surface area contributed by atoms with Crippen molar-refractivity contribution in [3.8, 4) is 0 Å². The molecule has 0 fully saturated rings. The van der Waals surface area contributed by atoms with Crippen LogP contribution in [0.2, 0.25) is 0 Å². The number of nitrogens with zero attached hydrogens (tertiary/aromatic N) is 1. The first-order valence-electron chi connectivity index (χ1n) is 6.40. The highest BCUT2D eigenvalue weighted by atomic mass is 16.6. The van der Waals surface area contributed by atoms with Crippen molar-refractivity contribution >= 4 is 17.1 Å². The largest absolute Gasteiger partial charge is 0.393 e. The Morgan fingerprint density at radius 1 is 1.42 bits per heavy atom. The zero-order valence-corrected chi connectivity index (χ0v) is 11.4. The van der Waals surface area contributed by atoms with Crippen molar-refractivity contribution in [1.29, 1.82) is 0 Å². The molecule has 1 aromatic carbocycles. The summed E-state index contributed by atoms with van der Waals surface area (Å²) in [6.07, 6.45) is 2.04. The van der Waals surface area contributed by atoms with Gasteiger partial charge >= 0.3 is 5.69 Å². The number of ether oxygens (including phenoxy) is 1. The second kappa shape index (κ2) is 7.58. The molecule has 0 aliphatic rings. The highest BCUT2D eigenvalue weighted by Gasteiger charge is 2.16. The maximum absolute atomic E-state index is 10.9. The Hall–Kier alpha value is -1.82. The number of hydrogen-bond donors (Lipinski definition) is 2. The van der Waals surface area contributed by atoms with E-state index in [-0.39, 0.29) is 17.5 Å². The number of benzene rings is 1. The molecule has 106 valence electrons. The van der Waals surface area contributed by atoms with Gasteiger partial charge in [0.15, 0.2) is 0 Å². The van der Waals surface area contributed by atoms with E-state index in [9.17, 15) is 10.1 Å². The van der Waals surface area contributed by atoms with Crippen molar-refractivity contribution in [1.82, 2.24) is 0 Å². The normalized spacial score (nSPS) is 10.7. The van der Waals surface area contributed by atoms with Gasteiger partial charge in [0.25, 0.3) is 0 Å². The highest BCUT2D eigenvalue weighted by Crippen LogP contribution is 2.30. The van der Waals surface area contributed by atoms with Gasteiger partial charge in [-0.05, 0) is 38.8 Å². The summed E-state index contributed by atoms with van der Waals surface area (Å²) in [5, 5.41) is 14.0. The predicted molar refractivity (Wildman–Crippen MR) is 76.3 cm³/mol. The minimum Gasteiger partial charge on any atom is -0.393 e. The van der Waals surface area contributed by atoms with Crippen LogP contribution in [0.3, 0.4) is 0 Å². The average molecular weight is 267 g/mol. The van der Waals surface area contributed by atoms with E-state index in [0.717, 1.165) is 12.8 Å². The second-order valence-corrected chi connectivity index (χ2v) is 4.55. The van der Waals surface area contributed by atoms with E-state index in [4.69, 9.17) is 10.5 Å². The highest BCUT2D eigenvalue weighted by molar-refractivity contribution is 5.74. The Morgan fingerprint density at radius 2 is 2.16 bits per heavy atom. The van der Waals surface area contributed by atoms with Crippen LogP contribution in [0.1, 0.15) is 26.7 Å². The third kappa shape index (κ3) is 5.13. The third-order valence-corrected chi connectivity index (χ3v) is 2.59. The van der Waals surface area contributed by atoms with Crippen molar-refractivity contribution in [2.45, 2.75) is 32.8 Å². The molecule has 0 aromatic heterocycles. The number of rotatable bonds is 8. The maximum Gasteiger partial charge on any atom is 0.314 e. The summed E-state index contributed by atoms with van der Waals surface area (Å²) < 4.78 is 5.42. The molecule has 0 unspecified atom stereocenters. The molecular weight excluding hydrogens is 246 g/mol. The molecule has 1 aromatic rings. The standard InChI is InChI=1S/C13H21N3O3/c1-10(2)19-9-4-3-8-15-12-7-5-6-11(14)13(12)16(17)18/h5-7,10,15H,3-4,8-9,14H2,1-2H3. The Bertz CT molecular complexity index is 422. The van der Waals surface area contributed by atoms with E-state index >= 15 is 0 Å². The van der Waals surface area contributed by atoms with Crippen LogP contribution in [0.4, 0.5) is 17.1 Å². The minimum absolute atomic E-state index is 0.0547. The van der Waals surface area contributed by atoms with Gasteiger partial charge in [-0.15, -0.1) is 0 Å². The van der Waals surface area contributed by atoms with Gasteiger partial charge in [0.1, 0.15) is 11.4 Å². The summed E-state index contributed by atoms with van der Waals surface area (Å²) in [5.41, 5.74) is 6.20. The Balaban J connectivity index is 2.41. The third-order valence-electron chi connectivity index (χ3n) is 2.59. The van der Waals surface area contributed by atoms with Crippen molar-refractivity contribution in [3.05, 3.63) is 28.3 Å². The Labute approximate surface area is 113 Å². The molecule has 0 radical (unpaired) electrons. The van der Waals surface area contributed by atoms with Crippen LogP contribution in [0.25, 0.3) is 0 Å². The van der Waals surface area contributed by atoms with Crippen LogP contribution in [0, 0.1) is 10.1 Å². The van der Waals surface area contributed by atoms with E-state index in [0.29, 0.717) is 18.8 Å². The van der Waals surface area contributed by atoms with E-state index in [1.165, 1.54) is 6.07 Å². The smallest absolute Gasteiger partial charge is 0.314 e. The van der Waals surface area contributed by atoms with E-state index in [1.54, 1.807) is 12.1 Å². The van der Waals surface area contributed by atoms with Gasteiger partial charge in [0.2, 0.25) is 0 Å². The van der Waals surface area contributed by atoms with Crippen LogP contribution >= 0.6 is 0 Å². The number of nitro groups is 1. The number of para-hydroxylation sites is 1. The van der Waals surface area contributed by atoms with Gasteiger partial charge < -0.3 is 15.8 Å². The van der Waals surface area contributed by atoms with Crippen LogP contribution in [-0.4, -0.2) is 24.2 Å². The predicted octanol–water partition coefficient (Wildman–Crippen LogP) is 2.79. The van der Waals surface area contributed by atoms with Gasteiger partial charge in [0, 0.05) is 13.2 Å². The lowest BCUT2D eigenvalue weighted by atomic mass is 10.2. The summed E-state index contributed by atoms with van der Waals surface area (Å²) in [6.45, 7) is 5.35. The summed E-state index contributed by atoms with van der Waals surface area (Å²) in [6, 6.07) is 4.89. The van der Waals surface area contributed by atoms with Gasteiger partial charge in [-0.25, -0.2) is 0 Å². The monoisotopic (exact) mass is 267 g/mol. The lowest BCUT2D eigenvalue weighted by molar-refractivity contribution is -0.383. The molecular formula is C13H21N3O3. The number of nitrogens with one attached hydrogen (secondary N) is 1. The number of hydrogen-bond acceptors (Lipinski definition) is 5. The molecule has 0 atom stereocenters. The fraction of sp³-hybridized carbons (Fsp3) is 0.538. The van der Waals surface area contributed by atoms with Crippen molar-refractivity contribution in [2.75, 3.05) is 24.2 Å². The molecule has 0 bridgehead atoms. The number of nitro benzene ring substituents is 1. The molecule has 0 saturated heterocycles. The van der Waals surface area contributed by atoms with Gasteiger partial charge in [-0.1, -0.05) is 6.07 Å². The number of nitrogens with two attached hydrogens (primary N) is 1. The average Bonchev–Trinajstić information content (AvgIpc) is 2.32. The van der Waals surface area contributed by atoms with E-state index in [1.807, 2.05) is 13.8 Å². The second-order valence-electron chi connectivity index (χ2n) is 4.55. The molecule has 0 aliphatic carbocycles. The quantitative estimate of drug-likeness (QED) is 0.327. The number of nitrogen functional groups attached to an aromatic ring is 1. The molecule has 3 N–H and O–H groups in total. The van der Waals surface area contributed by atoms with Crippen molar-refractivity contribution in [3.63, 3.8) is 0 Å². The first-order valence-corrected chi connectivity index (χ1v) is 6.40. The lowest BCUT2D eigenvalue weighted by Crippen LogP contribution is -2.08. The first-order chi connectivity index (χ1) is 9.02. The summed E-state index contributed by atoms with van der Waals surface area (Å²) in [4.78, 5) is 10.5. The molecule has 0 spiro atoms. The summed E-state index contributed by atoms with van der Waals surface area (Å²) in [7, 11) is 0. The van der Waals surface area contributed by atoms with Crippen LogP contribution < -0.4 is 11.1 Å². The topological polar surface area (TPSA) is 90.4 Å². The maximum atomic E-state index is 10.9. The molecule has 0 heterocycles. The van der Waals surface area contributed by atoms with E-state index in [2.05, 4.69) is 5.32 Å². The van der Waals surface area contributed by atoms with Gasteiger partial charge in [0.05, 0.1) is 11.0 Å². The fourth-order valence-corrected chi connectivity index (χ4v) is 1.68. The van der Waals surface area contributed by atoms with Gasteiger partial charge in [-0.2, -0.15) is 0 Å². The van der Waals surface area contributed by atoms with Crippen LogP contribution in [0.5, 0.6) is 0 Å². The first kappa shape index (κ1) is 15.2. The van der Waals surface area contributed by atoms with E-state index < -0.39 is 4.92 Å². The number of anilines is 2. The summed E-state index contributed by atoms with van der Waals surface area (Å²) in [5.74, 6) is 0. The van der Waals surface area contributed by atoms with Crippen LogP contribution in [0.15, 0.2) is 18.2 Å². The van der Waals surface area contributed by atoms with Crippen molar-refractivity contribution in [2.24, 2.45) is 0 Å². The molecule has 19 heavy (non-hydrogen) atoms. The SMILES string of the molecule is CC(C)OCCCCNc1cccc(N)c1[N+](=O)[O-].